The fourth-order valence-electron chi connectivity index (χ4n) is 2.91. The largest absolute Gasteiger partial charge is 0.313 e. The second kappa shape index (κ2) is 4.65. The van der Waals surface area contributed by atoms with Crippen molar-refractivity contribution in [3.8, 4) is 0 Å². The van der Waals surface area contributed by atoms with E-state index in [1.54, 1.807) is 6.07 Å². The molecule has 0 aromatic heterocycles. The number of hydrogen-bond donors (Lipinski definition) is 1. The quantitative estimate of drug-likeness (QED) is 0.811. The summed E-state index contributed by atoms with van der Waals surface area (Å²) in [5.41, 5.74) is 1.44. The third kappa shape index (κ3) is 2.92. The maximum absolute atomic E-state index is 13.3. The van der Waals surface area contributed by atoms with Gasteiger partial charge in [-0.25, -0.2) is 4.39 Å². The summed E-state index contributed by atoms with van der Waals surface area (Å²) >= 11 is 0. The summed E-state index contributed by atoms with van der Waals surface area (Å²) in [6.07, 6.45) is 6.35. The van der Waals surface area contributed by atoms with Crippen molar-refractivity contribution in [3.63, 3.8) is 0 Å². The van der Waals surface area contributed by atoms with Crippen LogP contribution >= 0.6 is 0 Å². The topological polar surface area (TPSA) is 12.0 Å². The lowest BCUT2D eigenvalue weighted by molar-refractivity contribution is 0.254. The first-order chi connectivity index (χ1) is 8.66. The first-order valence-electron chi connectivity index (χ1n) is 7.13. The SMILES string of the molecule is CC(CNC1CC1)(Cc1cccc(F)c1)C1CC1. The molecule has 0 heterocycles. The van der Waals surface area contributed by atoms with E-state index >= 15 is 0 Å². The molecule has 0 saturated heterocycles. The van der Waals surface area contributed by atoms with Crippen LogP contribution in [0.2, 0.25) is 0 Å². The predicted molar refractivity (Wildman–Crippen MR) is 72.0 cm³/mol. The molecule has 1 N–H and O–H groups in total. The number of hydrogen-bond acceptors (Lipinski definition) is 1. The number of nitrogens with one attached hydrogen (secondary N) is 1. The third-order valence-electron chi connectivity index (χ3n) is 4.43. The highest BCUT2D eigenvalue weighted by atomic mass is 19.1. The first-order valence-corrected chi connectivity index (χ1v) is 7.13. The highest BCUT2D eigenvalue weighted by molar-refractivity contribution is 5.19. The van der Waals surface area contributed by atoms with Gasteiger partial charge in [-0.05, 0) is 61.1 Å². The molecule has 0 amide bonds. The molecule has 2 saturated carbocycles. The maximum atomic E-state index is 13.3. The van der Waals surface area contributed by atoms with Gasteiger partial charge in [0.1, 0.15) is 5.82 Å². The Hall–Kier alpha value is -0.890. The van der Waals surface area contributed by atoms with E-state index in [1.807, 2.05) is 6.07 Å². The maximum Gasteiger partial charge on any atom is 0.123 e. The van der Waals surface area contributed by atoms with Crippen LogP contribution in [0, 0.1) is 17.2 Å². The van der Waals surface area contributed by atoms with Crippen molar-refractivity contribution in [2.75, 3.05) is 6.54 Å². The molecule has 1 atom stereocenters. The molecule has 18 heavy (non-hydrogen) atoms. The molecule has 1 aromatic carbocycles. The lowest BCUT2D eigenvalue weighted by atomic mass is 9.79. The second-order valence-electron chi connectivity index (χ2n) is 6.39. The Morgan fingerprint density at radius 1 is 1.28 bits per heavy atom. The average molecular weight is 247 g/mol. The molecule has 2 aliphatic rings. The molecule has 1 aromatic rings. The van der Waals surface area contributed by atoms with Crippen LogP contribution in [0.25, 0.3) is 0 Å². The van der Waals surface area contributed by atoms with Crippen LogP contribution in [0.3, 0.4) is 0 Å². The summed E-state index contributed by atoms with van der Waals surface area (Å²) in [7, 11) is 0. The van der Waals surface area contributed by atoms with E-state index in [1.165, 1.54) is 31.7 Å². The molecule has 3 rings (SSSR count). The smallest absolute Gasteiger partial charge is 0.123 e. The van der Waals surface area contributed by atoms with Crippen LogP contribution in [0.15, 0.2) is 24.3 Å². The fraction of sp³-hybridized carbons (Fsp3) is 0.625. The number of halogens is 1. The zero-order valence-corrected chi connectivity index (χ0v) is 11.1. The Kier molecular flexibility index (Phi) is 3.14. The van der Waals surface area contributed by atoms with Crippen LogP contribution in [0.4, 0.5) is 4.39 Å². The van der Waals surface area contributed by atoms with Gasteiger partial charge in [0.15, 0.2) is 0 Å². The third-order valence-corrected chi connectivity index (χ3v) is 4.43. The molecule has 2 aliphatic carbocycles. The minimum atomic E-state index is -0.110. The van der Waals surface area contributed by atoms with E-state index < -0.39 is 0 Å². The average Bonchev–Trinajstić information content (AvgIpc) is 3.17. The summed E-state index contributed by atoms with van der Waals surface area (Å²) in [6.45, 7) is 3.45. The lowest BCUT2D eigenvalue weighted by Crippen LogP contribution is -2.36. The normalized spacial score (nSPS) is 22.8. The van der Waals surface area contributed by atoms with Crippen molar-refractivity contribution in [1.82, 2.24) is 5.32 Å². The summed E-state index contributed by atoms with van der Waals surface area (Å²) in [6, 6.07) is 7.86. The second-order valence-corrected chi connectivity index (χ2v) is 6.39. The van der Waals surface area contributed by atoms with Crippen molar-refractivity contribution in [2.45, 2.75) is 45.1 Å². The van der Waals surface area contributed by atoms with Gasteiger partial charge in [-0.1, -0.05) is 19.1 Å². The molecule has 0 aliphatic heterocycles. The van der Waals surface area contributed by atoms with E-state index in [-0.39, 0.29) is 5.82 Å². The Bertz CT molecular complexity index is 423. The molecule has 0 radical (unpaired) electrons. The van der Waals surface area contributed by atoms with Crippen molar-refractivity contribution in [2.24, 2.45) is 11.3 Å². The Balaban J connectivity index is 1.68. The Labute approximate surface area is 109 Å². The van der Waals surface area contributed by atoms with Gasteiger partial charge in [0.2, 0.25) is 0 Å². The molecular formula is C16H22FN. The van der Waals surface area contributed by atoms with Gasteiger partial charge in [-0.3, -0.25) is 0 Å². The summed E-state index contributed by atoms with van der Waals surface area (Å²) < 4.78 is 13.3. The molecule has 98 valence electrons. The van der Waals surface area contributed by atoms with Crippen LogP contribution in [0.5, 0.6) is 0 Å². The fourth-order valence-corrected chi connectivity index (χ4v) is 2.91. The minimum absolute atomic E-state index is 0.110. The van der Waals surface area contributed by atoms with Crippen LogP contribution in [-0.2, 0) is 6.42 Å². The molecule has 2 heteroatoms. The van der Waals surface area contributed by atoms with Crippen molar-refractivity contribution in [3.05, 3.63) is 35.6 Å². The van der Waals surface area contributed by atoms with Crippen LogP contribution in [0.1, 0.15) is 38.2 Å². The highest BCUT2D eigenvalue weighted by Crippen LogP contribution is 2.47. The van der Waals surface area contributed by atoms with E-state index in [0.29, 0.717) is 5.41 Å². The molecule has 2 fully saturated rings. The number of rotatable bonds is 6. The predicted octanol–water partition coefficient (Wildman–Crippen LogP) is 3.54. The van der Waals surface area contributed by atoms with Crippen molar-refractivity contribution < 1.29 is 4.39 Å². The lowest BCUT2D eigenvalue weighted by Gasteiger charge is -2.30. The molecule has 1 nitrogen and oxygen atoms in total. The zero-order chi connectivity index (χ0) is 12.6. The molecule has 0 spiro atoms. The monoisotopic (exact) mass is 247 g/mol. The standard InChI is InChI=1S/C16H22FN/c1-16(13-5-6-13,11-18-15-7-8-15)10-12-3-2-4-14(17)9-12/h2-4,9,13,15,18H,5-8,10-11H2,1H3. The molecule has 0 bridgehead atoms. The highest BCUT2D eigenvalue weighted by Gasteiger charge is 2.42. The van der Waals surface area contributed by atoms with Gasteiger partial charge in [-0.15, -0.1) is 0 Å². The van der Waals surface area contributed by atoms with Crippen LogP contribution in [-0.4, -0.2) is 12.6 Å². The van der Waals surface area contributed by atoms with Gasteiger partial charge < -0.3 is 5.32 Å². The van der Waals surface area contributed by atoms with Gasteiger partial charge in [0, 0.05) is 12.6 Å². The summed E-state index contributed by atoms with van der Waals surface area (Å²) in [5.74, 6) is 0.716. The van der Waals surface area contributed by atoms with E-state index in [0.717, 1.165) is 30.5 Å². The van der Waals surface area contributed by atoms with Gasteiger partial charge in [0.25, 0.3) is 0 Å². The van der Waals surface area contributed by atoms with Crippen LogP contribution < -0.4 is 5.32 Å². The number of benzene rings is 1. The van der Waals surface area contributed by atoms with Crippen molar-refractivity contribution >= 4 is 0 Å². The Morgan fingerprint density at radius 3 is 2.67 bits per heavy atom. The molecule has 1 unspecified atom stereocenters. The van der Waals surface area contributed by atoms with Gasteiger partial charge in [-0.2, -0.15) is 0 Å². The van der Waals surface area contributed by atoms with Gasteiger partial charge in [0.05, 0.1) is 0 Å². The summed E-state index contributed by atoms with van der Waals surface area (Å²) in [5, 5.41) is 3.66. The minimum Gasteiger partial charge on any atom is -0.313 e. The first kappa shape index (κ1) is 12.2. The molecular weight excluding hydrogens is 225 g/mol. The zero-order valence-electron chi connectivity index (χ0n) is 11.1. The summed E-state index contributed by atoms with van der Waals surface area (Å²) in [4.78, 5) is 0. The van der Waals surface area contributed by atoms with Crippen molar-refractivity contribution in [1.29, 1.82) is 0 Å². The Morgan fingerprint density at radius 2 is 2.06 bits per heavy atom. The van der Waals surface area contributed by atoms with E-state index in [9.17, 15) is 4.39 Å². The van der Waals surface area contributed by atoms with E-state index in [2.05, 4.69) is 18.3 Å². The van der Waals surface area contributed by atoms with Gasteiger partial charge >= 0.3 is 0 Å². The van der Waals surface area contributed by atoms with E-state index in [4.69, 9.17) is 0 Å².